The van der Waals surface area contributed by atoms with Gasteiger partial charge >= 0.3 is 0 Å². The van der Waals surface area contributed by atoms with E-state index in [0.29, 0.717) is 12.6 Å². The van der Waals surface area contributed by atoms with Crippen LogP contribution in [-0.4, -0.2) is 21.9 Å². The Hall–Kier alpha value is -1.34. The van der Waals surface area contributed by atoms with Gasteiger partial charge in [0.15, 0.2) is 0 Å². The molecule has 0 fully saturated rings. The molecule has 0 amide bonds. The Morgan fingerprint density at radius 1 is 1.64 bits per heavy atom. The third-order valence-corrected chi connectivity index (χ3v) is 1.83. The summed E-state index contributed by atoms with van der Waals surface area (Å²) in [5.41, 5.74) is 0.978. The van der Waals surface area contributed by atoms with Crippen molar-refractivity contribution in [3.63, 3.8) is 0 Å². The second-order valence-electron chi connectivity index (χ2n) is 3.68. The summed E-state index contributed by atoms with van der Waals surface area (Å²) in [6.07, 6.45) is 1.89. The Morgan fingerprint density at radius 3 is 2.79 bits per heavy atom. The SMILES string of the molecule is Cc1ccn(CC(C#N)NC(C)C)n1. The van der Waals surface area contributed by atoms with Crippen molar-refractivity contribution in [2.24, 2.45) is 0 Å². The summed E-state index contributed by atoms with van der Waals surface area (Å²) in [5.74, 6) is 0. The molecule has 1 rings (SSSR count). The number of nitriles is 1. The van der Waals surface area contributed by atoms with E-state index < -0.39 is 0 Å². The lowest BCUT2D eigenvalue weighted by molar-refractivity contribution is 0.455. The van der Waals surface area contributed by atoms with Crippen molar-refractivity contribution in [3.05, 3.63) is 18.0 Å². The third-order valence-electron chi connectivity index (χ3n) is 1.83. The molecule has 4 heteroatoms. The van der Waals surface area contributed by atoms with Crippen molar-refractivity contribution in [1.82, 2.24) is 15.1 Å². The standard InChI is InChI=1S/C10H16N4/c1-8(2)12-10(6-11)7-14-5-4-9(3)13-14/h4-5,8,10,12H,7H2,1-3H3. The minimum absolute atomic E-state index is 0.172. The van der Waals surface area contributed by atoms with Gasteiger partial charge in [0.1, 0.15) is 6.04 Å². The summed E-state index contributed by atoms with van der Waals surface area (Å²) in [6.45, 7) is 6.59. The number of nitrogens with one attached hydrogen (secondary N) is 1. The number of rotatable bonds is 4. The minimum Gasteiger partial charge on any atom is -0.298 e. The molecule has 1 heterocycles. The lowest BCUT2D eigenvalue weighted by Gasteiger charge is -2.14. The first-order chi connectivity index (χ1) is 6.61. The summed E-state index contributed by atoms with van der Waals surface area (Å²) >= 11 is 0. The van der Waals surface area contributed by atoms with E-state index in [0.717, 1.165) is 5.69 Å². The van der Waals surface area contributed by atoms with Crippen LogP contribution in [0.3, 0.4) is 0 Å². The smallest absolute Gasteiger partial charge is 0.115 e. The van der Waals surface area contributed by atoms with Gasteiger partial charge < -0.3 is 0 Å². The normalized spacial score (nSPS) is 12.8. The molecule has 0 spiro atoms. The summed E-state index contributed by atoms with van der Waals surface area (Å²) in [5, 5.41) is 16.3. The van der Waals surface area contributed by atoms with Gasteiger partial charge in [0.05, 0.1) is 18.3 Å². The first-order valence-corrected chi connectivity index (χ1v) is 4.77. The number of hydrogen-bond donors (Lipinski definition) is 1. The lowest BCUT2D eigenvalue weighted by Crippen LogP contribution is -2.36. The van der Waals surface area contributed by atoms with Crippen LogP contribution in [0.1, 0.15) is 19.5 Å². The number of aryl methyl sites for hydroxylation is 1. The van der Waals surface area contributed by atoms with Crippen molar-refractivity contribution in [3.8, 4) is 6.07 Å². The Balaban J connectivity index is 2.53. The zero-order valence-corrected chi connectivity index (χ0v) is 8.86. The molecule has 0 aromatic carbocycles. The van der Waals surface area contributed by atoms with Crippen LogP contribution in [0.15, 0.2) is 12.3 Å². The number of aromatic nitrogens is 2. The fourth-order valence-corrected chi connectivity index (χ4v) is 1.29. The quantitative estimate of drug-likeness (QED) is 0.776. The molecule has 0 saturated heterocycles. The molecule has 76 valence electrons. The van der Waals surface area contributed by atoms with Gasteiger partial charge in [-0.2, -0.15) is 10.4 Å². The first kappa shape index (κ1) is 10.7. The fraction of sp³-hybridized carbons (Fsp3) is 0.600. The van der Waals surface area contributed by atoms with Crippen molar-refractivity contribution < 1.29 is 0 Å². The summed E-state index contributed by atoms with van der Waals surface area (Å²) in [7, 11) is 0. The Labute approximate surface area is 84.5 Å². The van der Waals surface area contributed by atoms with Crippen LogP contribution in [-0.2, 0) is 6.54 Å². The van der Waals surface area contributed by atoms with Gasteiger partial charge in [-0.05, 0) is 26.8 Å². The molecule has 0 saturated carbocycles. The average Bonchev–Trinajstić information content (AvgIpc) is 2.49. The van der Waals surface area contributed by atoms with Gasteiger partial charge in [-0.25, -0.2) is 0 Å². The van der Waals surface area contributed by atoms with Gasteiger partial charge in [0, 0.05) is 12.2 Å². The van der Waals surface area contributed by atoms with Gasteiger partial charge in [-0.3, -0.25) is 10.00 Å². The second-order valence-corrected chi connectivity index (χ2v) is 3.68. The van der Waals surface area contributed by atoms with E-state index in [9.17, 15) is 0 Å². The molecule has 0 radical (unpaired) electrons. The average molecular weight is 192 g/mol. The van der Waals surface area contributed by atoms with Gasteiger partial charge in [-0.1, -0.05) is 0 Å². The van der Waals surface area contributed by atoms with Crippen LogP contribution in [0.2, 0.25) is 0 Å². The van der Waals surface area contributed by atoms with Crippen LogP contribution in [0.5, 0.6) is 0 Å². The van der Waals surface area contributed by atoms with Crippen LogP contribution in [0, 0.1) is 18.3 Å². The highest BCUT2D eigenvalue weighted by Gasteiger charge is 2.09. The van der Waals surface area contributed by atoms with Gasteiger partial charge in [-0.15, -0.1) is 0 Å². The predicted octanol–water partition coefficient (Wildman–Crippen LogP) is 1.08. The highest BCUT2D eigenvalue weighted by atomic mass is 15.3. The van der Waals surface area contributed by atoms with E-state index in [1.54, 1.807) is 4.68 Å². The van der Waals surface area contributed by atoms with E-state index in [1.807, 2.05) is 33.0 Å². The molecule has 0 bridgehead atoms. The topological polar surface area (TPSA) is 53.6 Å². The zero-order valence-electron chi connectivity index (χ0n) is 8.86. The Kier molecular flexibility index (Phi) is 3.66. The maximum absolute atomic E-state index is 8.89. The molecular weight excluding hydrogens is 176 g/mol. The second kappa shape index (κ2) is 4.77. The number of hydrogen-bond acceptors (Lipinski definition) is 3. The maximum atomic E-state index is 8.89. The van der Waals surface area contributed by atoms with Crippen molar-refractivity contribution >= 4 is 0 Å². The first-order valence-electron chi connectivity index (χ1n) is 4.77. The van der Waals surface area contributed by atoms with Gasteiger partial charge in [0.25, 0.3) is 0 Å². The van der Waals surface area contributed by atoms with Gasteiger partial charge in [0.2, 0.25) is 0 Å². The lowest BCUT2D eigenvalue weighted by atomic mass is 10.3. The highest BCUT2D eigenvalue weighted by Crippen LogP contribution is 1.96. The molecule has 0 aliphatic heterocycles. The van der Waals surface area contributed by atoms with E-state index in [-0.39, 0.29) is 6.04 Å². The van der Waals surface area contributed by atoms with Crippen LogP contribution in [0.4, 0.5) is 0 Å². The Bertz CT molecular complexity index is 321. The number of nitrogens with zero attached hydrogens (tertiary/aromatic N) is 3. The monoisotopic (exact) mass is 192 g/mol. The largest absolute Gasteiger partial charge is 0.298 e. The van der Waals surface area contributed by atoms with E-state index in [4.69, 9.17) is 5.26 Å². The molecule has 1 unspecified atom stereocenters. The van der Waals surface area contributed by atoms with E-state index in [1.165, 1.54) is 0 Å². The zero-order chi connectivity index (χ0) is 10.6. The van der Waals surface area contributed by atoms with Crippen molar-refractivity contribution in [2.45, 2.75) is 39.4 Å². The maximum Gasteiger partial charge on any atom is 0.115 e. The van der Waals surface area contributed by atoms with Crippen molar-refractivity contribution in [1.29, 1.82) is 5.26 Å². The molecule has 1 aromatic heterocycles. The molecule has 1 N–H and O–H groups in total. The molecule has 1 atom stereocenters. The van der Waals surface area contributed by atoms with Crippen LogP contribution in [0.25, 0.3) is 0 Å². The third kappa shape index (κ3) is 3.19. The fourth-order valence-electron chi connectivity index (χ4n) is 1.29. The molecule has 14 heavy (non-hydrogen) atoms. The molecule has 0 aliphatic carbocycles. The minimum atomic E-state index is -0.172. The van der Waals surface area contributed by atoms with Crippen LogP contribution >= 0.6 is 0 Å². The predicted molar refractivity (Wildman–Crippen MR) is 54.6 cm³/mol. The molecule has 0 aliphatic rings. The van der Waals surface area contributed by atoms with E-state index >= 15 is 0 Å². The summed E-state index contributed by atoms with van der Waals surface area (Å²) < 4.78 is 1.79. The molecule has 4 nitrogen and oxygen atoms in total. The summed E-state index contributed by atoms with van der Waals surface area (Å²) in [4.78, 5) is 0. The highest BCUT2D eigenvalue weighted by molar-refractivity contribution is 4.97. The molecule has 1 aromatic rings. The van der Waals surface area contributed by atoms with Crippen molar-refractivity contribution in [2.75, 3.05) is 0 Å². The molecular formula is C10H16N4. The van der Waals surface area contributed by atoms with Crippen LogP contribution < -0.4 is 5.32 Å². The Morgan fingerprint density at radius 2 is 2.36 bits per heavy atom. The van der Waals surface area contributed by atoms with E-state index in [2.05, 4.69) is 16.5 Å². The summed E-state index contributed by atoms with van der Waals surface area (Å²) in [6, 6.07) is 4.30.